The number of carbonyl (C=O) groups is 1. The predicted molar refractivity (Wildman–Crippen MR) is 121 cm³/mol. The number of piperidine rings is 1. The zero-order valence-corrected chi connectivity index (χ0v) is 18.2. The zero-order chi connectivity index (χ0) is 22.1. The van der Waals surface area contributed by atoms with Gasteiger partial charge in [0.1, 0.15) is 10.7 Å². The van der Waals surface area contributed by atoms with Gasteiger partial charge in [0.25, 0.3) is 10.0 Å². The number of sulfonamides is 1. The smallest absolute Gasteiger partial charge is 0.285 e. The molecule has 0 radical (unpaired) electrons. The van der Waals surface area contributed by atoms with Gasteiger partial charge in [0.05, 0.1) is 18.7 Å². The molecule has 3 heterocycles. The summed E-state index contributed by atoms with van der Waals surface area (Å²) in [4.78, 5) is 15.2. The van der Waals surface area contributed by atoms with Crippen LogP contribution in [0.5, 0.6) is 0 Å². The highest BCUT2D eigenvalue weighted by atomic mass is 32.2. The van der Waals surface area contributed by atoms with Crippen molar-refractivity contribution in [3.63, 3.8) is 0 Å². The second kappa shape index (κ2) is 8.23. The summed E-state index contributed by atoms with van der Waals surface area (Å²) in [6, 6.07) is 18.6. The lowest BCUT2D eigenvalue weighted by atomic mass is 9.96. The normalized spacial score (nSPS) is 19.3. The second-order valence-corrected chi connectivity index (χ2v) is 9.59. The number of amides is 1. The summed E-state index contributed by atoms with van der Waals surface area (Å²) < 4.78 is 30.6. The monoisotopic (exact) mass is 449 g/mol. The van der Waals surface area contributed by atoms with E-state index in [1.807, 2.05) is 35.2 Å². The van der Waals surface area contributed by atoms with E-state index in [9.17, 15) is 13.2 Å². The Morgan fingerprint density at radius 1 is 1.06 bits per heavy atom. The number of hydrogen-bond donors (Lipinski definition) is 1. The van der Waals surface area contributed by atoms with Crippen molar-refractivity contribution in [2.75, 3.05) is 18.4 Å². The van der Waals surface area contributed by atoms with Crippen LogP contribution in [-0.2, 0) is 21.4 Å². The highest BCUT2D eigenvalue weighted by molar-refractivity contribution is 7.90. The Morgan fingerprint density at radius 2 is 1.84 bits per heavy atom. The fourth-order valence-corrected chi connectivity index (χ4v) is 5.48. The highest BCUT2D eigenvalue weighted by Gasteiger charge is 2.35. The van der Waals surface area contributed by atoms with Crippen molar-refractivity contribution < 1.29 is 13.2 Å². The van der Waals surface area contributed by atoms with Gasteiger partial charge < -0.3 is 10.2 Å². The van der Waals surface area contributed by atoms with Crippen LogP contribution in [0.1, 0.15) is 24.0 Å². The molecule has 1 N–H and O–H groups in total. The Kier molecular flexibility index (Phi) is 5.26. The highest BCUT2D eigenvalue weighted by Crippen LogP contribution is 2.30. The first-order valence-corrected chi connectivity index (χ1v) is 12.0. The summed E-state index contributed by atoms with van der Waals surface area (Å²) in [7, 11) is -3.68. The number of likely N-dealkylation sites (tertiary alicyclic amines) is 1. The van der Waals surface area contributed by atoms with E-state index in [4.69, 9.17) is 0 Å². The van der Waals surface area contributed by atoms with Gasteiger partial charge in [0.2, 0.25) is 5.91 Å². The number of amidine groups is 1. The number of nitrogens with one attached hydrogen (secondary N) is 1. The first-order valence-electron chi connectivity index (χ1n) is 10.6. The van der Waals surface area contributed by atoms with E-state index < -0.39 is 10.0 Å². The molecule has 2 aromatic carbocycles. The number of nitrogens with zero attached hydrogens (tertiary/aromatic N) is 4. The number of benzene rings is 2. The Morgan fingerprint density at radius 3 is 2.69 bits per heavy atom. The molecule has 3 aromatic rings. The van der Waals surface area contributed by atoms with Gasteiger partial charge in [-0.1, -0.05) is 42.5 Å². The first-order chi connectivity index (χ1) is 15.5. The van der Waals surface area contributed by atoms with Gasteiger partial charge in [-0.25, -0.2) is 4.68 Å². The quantitative estimate of drug-likeness (QED) is 0.661. The SMILES string of the molecule is O=C(Nc1ccnn1Cc1ccccc1)[C@H]1CCCN(C2=NS(=O)(=O)c3ccccc32)C1. The minimum Gasteiger partial charge on any atom is -0.355 e. The minimum atomic E-state index is -3.68. The molecule has 2 aliphatic rings. The van der Waals surface area contributed by atoms with Gasteiger partial charge in [-0.05, 0) is 30.5 Å². The van der Waals surface area contributed by atoms with Crippen molar-refractivity contribution in [2.45, 2.75) is 24.3 Å². The largest absolute Gasteiger partial charge is 0.355 e. The Balaban J connectivity index is 1.30. The Hall–Kier alpha value is -3.46. The number of aromatic nitrogens is 2. The van der Waals surface area contributed by atoms with E-state index in [0.717, 1.165) is 18.4 Å². The number of anilines is 1. The maximum absolute atomic E-state index is 13.1. The molecule has 0 spiro atoms. The third kappa shape index (κ3) is 3.91. The van der Waals surface area contributed by atoms with E-state index in [1.54, 1.807) is 41.2 Å². The summed E-state index contributed by atoms with van der Waals surface area (Å²) in [5.41, 5.74) is 1.70. The molecule has 0 unspecified atom stereocenters. The van der Waals surface area contributed by atoms with Crippen LogP contribution >= 0.6 is 0 Å². The van der Waals surface area contributed by atoms with E-state index in [2.05, 4.69) is 14.8 Å². The van der Waals surface area contributed by atoms with Crippen LogP contribution in [0.15, 0.2) is 76.2 Å². The Labute approximate surface area is 186 Å². The molecular formula is C23H23N5O3S. The van der Waals surface area contributed by atoms with Crippen LogP contribution in [0.2, 0.25) is 0 Å². The van der Waals surface area contributed by atoms with E-state index >= 15 is 0 Å². The lowest BCUT2D eigenvalue weighted by Crippen LogP contribution is -2.43. The minimum absolute atomic E-state index is 0.0979. The molecule has 1 atom stereocenters. The van der Waals surface area contributed by atoms with Crippen LogP contribution in [0.25, 0.3) is 0 Å². The van der Waals surface area contributed by atoms with Crippen LogP contribution < -0.4 is 5.32 Å². The second-order valence-electron chi connectivity index (χ2n) is 8.02. The molecule has 8 nitrogen and oxygen atoms in total. The molecule has 0 bridgehead atoms. The standard InChI is InChI=1S/C23H23N5O3S/c29-23(25-21-12-13-24-28(21)15-17-7-2-1-3-8-17)18-9-6-14-27(16-18)22-19-10-4-5-11-20(19)32(30,31)26-22/h1-5,7-8,10-13,18H,6,9,14-16H2,(H,25,29)/t18-/m0/s1. The van der Waals surface area contributed by atoms with Gasteiger partial charge in [-0.3, -0.25) is 4.79 Å². The molecule has 1 fully saturated rings. The molecule has 1 amide bonds. The van der Waals surface area contributed by atoms with Crippen LogP contribution in [0.3, 0.4) is 0 Å². The average molecular weight is 450 g/mol. The fraction of sp³-hybridized carbons (Fsp3) is 0.261. The van der Waals surface area contributed by atoms with Gasteiger partial charge in [0, 0.05) is 24.7 Å². The van der Waals surface area contributed by atoms with Gasteiger partial charge >= 0.3 is 0 Å². The summed E-state index contributed by atoms with van der Waals surface area (Å²) in [6.45, 7) is 1.64. The fourth-order valence-electron chi connectivity index (χ4n) is 4.25. The molecule has 1 aromatic heterocycles. The van der Waals surface area contributed by atoms with Crippen molar-refractivity contribution in [3.05, 3.63) is 78.0 Å². The van der Waals surface area contributed by atoms with Crippen molar-refractivity contribution in [2.24, 2.45) is 10.3 Å². The topological polar surface area (TPSA) is 96.7 Å². The van der Waals surface area contributed by atoms with Gasteiger partial charge in [0.15, 0.2) is 5.84 Å². The number of carbonyl (C=O) groups excluding carboxylic acids is 1. The molecule has 1 saturated heterocycles. The molecule has 32 heavy (non-hydrogen) atoms. The summed E-state index contributed by atoms with van der Waals surface area (Å²) in [5.74, 6) is 0.704. The third-order valence-corrected chi connectivity index (χ3v) is 7.17. The molecule has 164 valence electrons. The van der Waals surface area contributed by atoms with Crippen molar-refractivity contribution in [1.82, 2.24) is 14.7 Å². The maximum Gasteiger partial charge on any atom is 0.285 e. The molecule has 2 aliphatic heterocycles. The molecule has 0 saturated carbocycles. The van der Waals surface area contributed by atoms with E-state index in [-0.39, 0.29) is 16.7 Å². The lowest BCUT2D eigenvalue weighted by molar-refractivity contribution is -0.121. The number of hydrogen-bond acceptors (Lipinski definition) is 5. The summed E-state index contributed by atoms with van der Waals surface area (Å²) in [5, 5.41) is 7.34. The first kappa shape index (κ1) is 20.4. The Bertz CT molecular complexity index is 1280. The molecular weight excluding hydrogens is 426 g/mol. The maximum atomic E-state index is 13.1. The number of rotatable bonds is 4. The van der Waals surface area contributed by atoms with Crippen molar-refractivity contribution >= 4 is 27.6 Å². The van der Waals surface area contributed by atoms with Crippen LogP contribution in [-0.4, -0.2) is 47.9 Å². The summed E-state index contributed by atoms with van der Waals surface area (Å²) in [6.07, 6.45) is 3.18. The zero-order valence-electron chi connectivity index (χ0n) is 17.4. The van der Waals surface area contributed by atoms with Crippen LogP contribution in [0, 0.1) is 5.92 Å². The van der Waals surface area contributed by atoms with Crippen LogP contribution in [0.4, 0.5) is 5.82 Å². The van der Waals surface area contributed by atoms with Gasteiger partial charge in [-0.15, -0.1) is 4.40 Å². The van der Waals surface area contributed by atoms with E-state index in [0.29, 0.717) is 36.9 Å². The van der Waals surface area contributed by atoms with Gasteiger partial charge in [-0.2, -0.15) is 13.5 Å². The molecule has 5 rings (SSSR count). The van der Waals surface area contributed by atoms with E-state index in [1.165, 1.54) is 0 Å². The lowest BCUT2D eigenvalue weighted by Gasteiger charge is -2.33. The average Bonchev–Trinajstić information content (AvgIpc) is 3.36. The van der Waals surface area contributed by atoms with Crippen molar-refractivity contribution in [1.29, 1.82) is 0 Å². The summed E-state index contributed by atoms with van der Waals surface area (Å²) >= 11 is 0. The molecule has 0 aliphatic carbocycles. The third-order valence-electron chi connectivity index (χ3n) is 5.85. The van der Waals surface area contributed by atoms with Crippen molar-refractivity contribution in [3.8, 4) is 0 Å². The molecule has 9 heteroatoms. The predicted octanol–water partition coefficient (Wildman–Crippen LogP) is 2.73. The number of fused-ring (bicyclic) bond motifs is 1.